The molecule has 1 aromatic carbocycles. The van der Waals surface area contributed by atoms with Crippen molar-refractivity contribution >= 4 is 5.69 Å². The fourth-order valence-electron chi connectivity index (χ4n) is 1.49. The third kappa shape index (κ3) is 2.71. The van der Waals surface area contributed by atoms with E-state index in [1.165, 1.54) is 12.1 Å². The van der Waals surface area contributed by atoms with Crippen molar-refractivity contribution in [3.05, 3.63) is 29.3 Å². The second-order valence-electron chi connectivity index (χ2n) is 3.79. The van der Waals surface area contributed by atoms with Crippen LogP contribution in [0.25, 0.3) is 0 Å². The normalized spacial score (nSPS) is 12.0. The van der Waals surface area contributed by atoms with Crippen LogP contribution in [0, 0.1) is 23.0 Å². The van der Waals surface area contributed by atoms with Gasteiger partial charge in [0.1, 0.15) is 6.07 Å². The number of methoxy groups -OCH3 is 1. The molecule has 0 fully saturated rings. The van der Waals surface area contributed by atoms with Crippen LogP contribution in [-0.4, -0.2) is 26.8 Å². The van der Waals surface area contributed by atoms with E-state index in [2.05, 4.69) is 0 Å². The van der Waals surface area contributed by atoms with Gasteiger partial charge in [0, 0.05) is 20.2 Å². The second kappa shape index (κ2) is 5.60. The van der Waals surface area contributed by atoms with E-state index in [-0.39, 0.29) is 17.3 Å². The number of anilines is 1. The number of halogens is 2. The minimum atomic E-state index is -1.11. The summed E-state index contributed by atoms with van der Waals surface area (Å²) in [5.74, 6) is -2.11. The Morgan fingerprint density at radius 2 is 2.06 bits per heavy atom. The quantitative estimate of drug-likeness (QED) is 0.810. The lowest BCUT2D eigenvalue weighted by molar-refractivity contribution is 0.183. The van der Waals surface area contributed by atoms with Gasteiger partial charge in [0.05, 0.1) is 17.9 Å². The first-order valence-corrected chi connectivity index (χ1v) is 5.12. The van der Waals surface area contributed by atoms with Gasteiger partial charge >= 0.3 is 0 Å². The van der Waals surface area contributed by atoms with Crippen molar-refractivity contribution < 1.29 is 13.5 Å². The molecule has 1 rings (SSSR count). The van der Waals surface area contributed by atoms with Gasteiger partial charge in [0.2, 0.25) is 0 Å². The molecular weight excluding hydrogens is 226 g/mol. The first kappa shape index (κ1) is 13.4. The first-order chi connectivity index (χ1) is 8.02. The average Bonchev–Trinajstić information content (AvgIpc) is 2.32. The Bertz CT molecular complexity index is 443. The molecule has 5 heteroatoms. The molecule has 0 amide bonds. The zero-order valence-corrected chi connectivity index (χ0v) is 10.00. The van der Waals surface area contributed by atoms with E-state index < -0.39 is 11.6 Å². The number of hydrogen-bond acceptors (Lipinski definition) is 3. The minimum Gasteiger partial charge on any atom is -0.383 e. The lowest BCUT2D eigenvalue weighted by Crippen LogP contribution is -2.33. The maximum absolute atomic E-state index is 13.7. The predicted molar refractivity (Wildman–Crippen MR) is 60.8 cm³/mol. The van der Waals surface area contributed by atoms with Crippen molar-refractivity contribution in [2.75, 3.05) is 25.7 Å². The van der Waals surface area contributed by atoms with Gasteiger partial charge in [-0.15, -0.1) is 0 Å². The van der Waals surface area contributed by atoms with Gasteiger partial charge in [0.15, 0.2) is 11.6 Å². The molecule has 0 spiro atoms. The van der Waals surface area contributed by atoms with Crippen molar-refractivity contribution in [1.29, 1.82) is 5.26 Å². The monoisotopic (exact) mass is 240 g/mol. The highest BCUT2D eigenvalue weighted by molar-refractivity contribution is 5.52. The van der Waals surface area contributed by atoms with Gasteiger partial charge < -0.3 is 9.64 Å². The van der Waals surface area contributed by atoms with Crippen LogP contribution in [0.15, 0.2) is 12.1 Å². The van der Waals surface area contributed by atoms with Crippen LogP contribution in [0.1, 0.15) is 12.5 Å². The summed E-state index contributed by atoms with van der Waals surface area (Å²) in [4.78, 5) is 1.57. The van der Waals surface area contributed by atoms with Gasteiger partial charge in [-0.3, -0.25) is 0 Å². The van der Waals surface area contributed by atoms with Crippen molar-refractivity contribution in [1.82, 2.24) is 0 Å². The standard InChI is InChI=1S/C12H14F2N2O/c1-8(7-17-3)16(2)10-5-4-9(6-15)11(13)12(10)14/h4-5,8H,7H2,1-3H3. The number of rotatable bonds is 4. The number of ether oxygens (including phenoxy) is 1. The summed E-state index contributed by atoms with van der Waals surface area (Å²) >= 11 is 0. The zero-order valence-electron chi connectivity index (χ0n) is 10.00. The predicted octanol–water partition coefficient (Wildman–Crippen LogP) is 2.31. The van der Waals surface area contributed by atoms with E-state index >= 15 is 0 Å². The molecule has 0 aliphatic heterocycles. The Hall–Kier alpha value is -1.67. The highest BCUT2D eigenvalue weighted by Crippen LogP contribution is 2.24. The van der Waals surface area contributed by atoms with E-state index in [4.69, 9.17) is 10.00 Å². The number of nitrogens with zero attached hydrogens (tertiary/aromatic N) is 2. The van der Waals surface area contributed by atoms with Gasteiger partial charge in [-0.2, -0.15) is 5.26 Å². The molecule has 0 bridgehead atoms. The summed E-state index contributed by atoms with van der Waals surface area (Å²) in [5.41, 5.74) is -0.176. The maximum atomic E-state index is 13.7. The maximum Gasteiger partial charge on any atom is 0.183 e. The van der Waals surface area contributed by atoms with Crippen LogP contribution < -0.4 is 4.90 Å². The summed E-state index contributed by atoms with van der Waals surface area (Å²) in [6, 6.07) is 4.16. The summed E-state index contributed by atoms with van der Waals surface area (Å²) in [6.45, 7) is 2.23. The Labute approximate surface area is 99.2 Å². The van der Waals surface area contributed by atoms with Gasteiger partial charge in [-0.1, -0.05) is 0 Å². The highest BCUT2D eigenvalue weighted by Gasteiger charge is 2.18. The Morgan fingerprint density at radius 1 is 1.41 bits per heavy atom. The van der Waals surface area contributed by atoms with Gasteiger partial charge in [0.25, 0.3) is 0 Å². The fraction of sp³-hybridized carbons (Fsp3) is 0.417. The van der Waals surface area contributed by atoms with Crippen LogP contribution >= 0.6 is 0 Å². The average molecular weight is 240 g/mol. The van der Waals surface area contributed by atoms with Gasteiger partial charge in [-0.25, -0.2) is 8.78 Å². The van der Waals surface area contributed by atoms with Crippen molar-refractivity contribution in [3.8, 4) is 6.07 Å². The van der Waals surface area contributed by atoms with E-state index in [0.717, 1.165) is 0 Å². The lowest BCUT2D eigenvalue weighted by Gasteiger charge is -2.26. The molecule has 0 aliphatic carbocycles. The Morgan fingerprint density at radius 3 is 2.59 bits per heavy atom. The van der Waals surface area contributed by atoms with Crippen LogP contribution in [0.2, 0.25) is 0 Å². The zero-order chi connectivity index (χ0) is 13.0. The summed E-state index contributed by atoms with van der Waals surface area (Å²) < 4.78 is 32.1. The molecule has 0 aromatic heterocycles. The van der Waals surface area contributed by atoms with Crippen molar-refractivity contribution in [2.45, 2.75) is 13.0 Å². The molecule has 0 heterocycles. The molecule has 0 aliphatic rings. The van der Waals surface area contributed by atoms with E-state index in [1.807, 2.05) is 6.92 Å². The second-order valence-corrected chi connectivity index (χ2v) is 3.79. The van der Waals surface area contributed by atoms with E-state index in [9.17, 15) is 8.78 Å². The Kier molecular flexibility index (Phi) is 4.41. The highest BCUT2D eigenvalue weighted by atomic mass is 19.2. The molecule has 3 nitrogen and oxygen atoms in total. The summed E-state index contributed by atoms with van der Waals surface area (Å²) in [5, 5.41) is 8.58. The summed E-state index contributed by atoms with van der Waals surface area (Å²) in [7, 11) is 3.19. The topological polar surface area (TPSA) is 36.3 Å². The van der Waals surface area contributed by atoms with E-state index in [1.54, 1.807) is 25.1 Å². The van der Waals surface area contributed by atoms with Crippen molar-refractivity contribution in [2.24, 2.45) is 0 Å². The number of likely N-dealkylation sites (N-methyl/N-ethyl adjacent to an activating group) is 1. The molecule has 17 heavy (non-hydrogen) atoms. The van der Waals surface area contributed by atoms with E-state index in [0.29, 0.717) is 6.61 Å². The number of benzene rings is 1. The molecule has 92 valence electrons. The van der Waals surface area contributed by atoms with Crippen LogP contribution in [-0.2, 0) is 4.74 Å². The van der Waals surface area contributed by atoms with Crippen LogP contribution in [0.5, 0.6) is 0 Å². The number of nitriles is 1. The molecule has 0 saturated heterocycles. The third-order valence-corrected chi connectivity index (χ3v) is 2.63. The fourth-order valence-corrected chi connectivity index (χ4v) is 1.49. The smallest absolute Gasteiger partial charge is 0.183 e. The molecule has 0 saturated carbocycles. The SMILES string of the molecule is COCC(C)N(C)c1ccc(C#N)c(F)c1F. The van der Waals surface area contributed by atoms with Crippen LogP contribution in [0.4, 0.5) is 14.5 Å². The van der Waals surface area contributed by atoms with Gasteiger partial charge in [-0.05, 0) is 19.1 Å². The first-order valence-electron chi connectivity index (χ1n) is 5.12. The largest absolute Gasteiger partial charge is 0.383 e. The lowest BCUT2D eigenvalue weighted by atomic mass is 10.1. The van der Waals surface area contributed by atoms with Crippen LogP contribution in [0.3, 0.4) is 0 Å². The third-order valence-electron chi connectivity index (χ3n) is 2.63. The molecule has 1 aromatic rings. The minimum absolute atomic E-state index is 0.0955. The molecule has 0 N–H and O–H groups in total. The van der Waals surface area contributed by atoms with Crippen molar-refractivity contribution in [3.63, 3.8) is 0 Å². The summed E-state index contributed by atoms with van der Waals surface area (Å²) in [6.07, 6.45) is 0. The molecular formula is C12H14F2N2O. The Balaban J connectivity index is 3.08. The number of hydrogen-bond donors (Lipinski definition) is 0. The molecule has 0 radical (unpaired) electrons. The molecule has 1 atom stereocenters. The molecule has 1 unspecified atom stereocenters.